The molecule has 0 heterocycles. The van der Waals surface area contributed by atoms with Gasteiger partial charge in [0.05, 0.1) is 0 Å². The number of rotatable bonds is 6. The summed E-state index contributed by atoms with van der Waals surface area (Å²) in [5.74, 6) is 1.24. The SMILES string of the molecule is CC(=O)OC(C)(C)C[C@]1(C[N+](=O)[O-])C[C@@H]2CC(C3CCCC3)=C[C@@H]21. The maximum absolute atomic E-state index is 11.4. The van der Waals surface area contributed by atoms with E-state index in [-0.39, 0.29) is 28.8 Å². The average molecular weight is 335 g/mol. The third kappa shape index (κ3) is 3.35. The molecule has 0 aromatic rings. The first kappa shape index (κ1) is 17.4. The van der Waals surface area contributed by atoms with Crippen molar-refractivity contribution in [2.24, 2.45) is 23.2 Å². The van der Waals surface area contributed by atoms with Gasteiger partial charge < -0.3 is 4.74 Å². The van der Waals surface area contributed by atoms with E-state index in [0.717, 1.165) is 12.8 Å². The first-order valence-corrected chi connectivity index (χ1v) is 9.23. The molecule has 134 valence electrons. The van der Waals surface area contributed by atoms with Crippen molar-refractivity contribution < 1.29 is 14.5 Å². The predicted molar refractivity (Wildman–Crippen MR) is 91.0 cm³/mol. The van der Waals surface area contributed by atoms with E-state index in [1.54, 1.807) is 5.57 Å². The number of esters is 1. The van der Waals surface area contributed by atoms with E-state index in [2.05, 4.69) is 6.08 Å². The maximum atomic E-state index is 11.4. The Kier molecular flexibility index (Phi) is 4.47. The molecule has 3 aliphatic rings. The molecular weight excluding hydrogens is 306 g/mol. The minimum absolute atomic E-state index is 0.0205. The summed E-state index contributed by atoms with van der Waals surface area (Å²) in [6.07, 6.45) is 10.2. The van der Waals surface area contributed by atoms with Gasteiger partial charge in [-0.2, -0.15) is 0 Å². The Morgan fingerprint density at radius 3 is 2.67 bits per heavy atom. The Balaban J connectivity index is 1.78. The summed E-state index contributed by atoms with van der Waals surface area (Å²) in [6.45, 7) is 5.13. The molecule has 5 heteroatoms. The molecule has 0 aliphatic heterocycles. The fourth-order valence-electron chi connectivity index (χ4n) is 5.78. The first-order chi connectivity index (χ1) is 11.2. The van der Waals surface area contributed by atoms with Gasteiger partial charge in [-0.15, -0.1) is 0 Å². The molecule has 0 amide bonds. The third-order valence-corrected chi connectivity index (χ3v) is 6.30. The Bertz CT molecular complexity index is 562. The second-order valence-electron chi connectivity index (χ2n) is 8.80. The van der Waals surface area contributed by atoms with E-state index >= 15 is 0 Å². The molecule has 3 rings (SSSR count). The quantitative estimate of drug-likeness (QED) is 0.317. The Morgan fingerprint density at radius 2 is 2.08 bits per heavy atom. The van der Waals surface area contributed by atoms with E-state index in [9.17, 15) is 14.9 Å². The lowest BCUT2D eigenvalue weighted by Gasteiger charge is -2.52. The molecule has 0 aromatic carbocycles. The Labute approximate surface area is 144 Å². The van der Waals surface area contributed by atoms with Crippen LogP contribution >= 0.6 is 0 Å². The lowest BCUT2D eigenvalue weighted by molar-refractivity contribution is -0.507. The van der Waals surface area contributed by atoms with Crippen LogP contribution < -0.4 is 0 Å². The highest BCUT2D eigenvalue weighted by molar-refractivity contribution is 5.66. The van der Waals surface area contributed by atoms with Crippen LogP contribution in [0.4, 0.5) is 0 Å². The Hall–Kier alpha value is -1.39. The lowest BCUT2D eigenvalue weighted by atomic mass is 9.52. The van der Waals surface area contributed by atoms with Crippen molar-refractivity contribution in [2.75, 3.05) is 6.54 Å². The molecule has 0 N–H and O–H groups in total. The highest BCUT2D eigenvalue weighted by Gasteiger charge is 2.60. The number of nitro groups is 1. The van der Waals surface area contributed by atoms with Crippen molar-refractivity contribution in [1.29, 1.82) is 0 Å². The minimum atomic E-state index is -0.656. The molecule has 0 spiro atoms. The van der Waals surface area contributed by atoms with Gasteiger partial charge in [-0.1, -0.05) is 24.5 Å². The van der Waals surface area contributed by atoms with Crippen molar-refractivity contribution in [3.63, 3.8) is 0 Å². The standard InChI is InChI=1S/C19H29NO4/c1-13(21)24-18(2,3)11-19(12-20(22)23)10-16-8-15(9-17(16)19)14-6-4-5-7-14/h9,14,16-17H,4-8,10-12H2,1-3H3/t16-,17-,19-/m0/s1. The number of hydrogen-bond acceptors (Lipinski definition) is 4. The summed E-state index contributed by atoms with van der Waals surface area (Å²) in [5.41, 5.74) is 0.544. The van der Waals surface area contributed by atoms with Crippen LogP contribution in [0.2, 0.25) is 0 Å². The highest BCUT2D eigenvalue weighted by atomic mass is 16.6. The second-order valence-corrected chi connectivity index (χ2v) is 8.80. The van der Waals surface area contributed by atoms with Crippen LogP contribution in [0.25, 0.3) is 0 Å². The minimum Gasteiger partial charge on any atom is -0.460 e. The van der Waals surface area contributed by atoms with Gasteiger partial charge in [0.2, 0.25) is 6.54 Å². The largest absolute Gasteiger partial charge is 0.460 e. The van der Waals surface area contributed by atoms with Gasteiger partial charge in [-0.3, -0.25) is 14.9 Å². The van der Waals surface area contributed by atoms with Gasteiger partial charge in [0.15, 0.2) is 0 Å². The van der Waals surface area contributed by atoms with Crippen LogP contribution in [-0.4, -0.2) is 23.0 Å². The number of fused-ring (bicyclic) bond motifs is 1. The fraction of sp³-hybridized carbons (Fsp3) is 0.842. The fourth-order valence-corrected chi connectivity index (χ4v) is 5.78. The molecule has 2 saturated carbocycles. The average Bonchev–Trinajstić information content (AvgIpc) is 3.02. The zero-order valence-corrected chi connectivity index (χ0v) is 15.0. The van der Waals surface area contributed by atoms with Crippen LogP contribution in [0.5, 0.6) is 0 Å². The van der Waals surface area contributed by atoms with Crippen LogP contribution in [0.3, 0.4) is 0 Å². The zero-order valence-electron chi connectivity index (χ0n) is 15.0. The predicted octanol–water partition coefficient (Wildman–Crippen LogP) is 4.14. The molecule has 0 unspecified atom stereocenters. The maximum Gasteiger partial charge on any atom is 0.303 e. The number of carbonyl (C=O) groups excluding carboxylic acids is 1. The van der Waals surface area contributed by atoms with Crippen molar-refractivity contribution in [1.82, 2.24) is 0 Å². The summed E-state index contributed by atoms with van der Waals surface area (Å²) in [4.78, 5) is 22.5. The monoisotopic (exact) mass is 335 g/mol. The van der Waals surface area contributed by atoms with Gasteiger partial charge in [0.1, 0.15) is 5.60 Å². The summed E-state index contributed by atoms with van der Waals surface area (Å²) in [6, 6.07) is 0. The Morgan fingerprint density at radius 1 is 1.42 bits per heavy atom. The van der Waals surface area contributed by atoms with E-state index in [1.807, 2.05) is 13.8 Å². The topological polar surface area (TPSA) is 69.4 Å². The van der Waals surface area contributed by atoms with Crippen LogP contribution in [0, 0.1) is 33.3 Å². The van der Waals surface area contributed by atoms with Crippen molar-refractivity contribution in [3.05, 3.63) is 21.8 Å². The molecule has 24 heavy (non-hydrogen) atoms. The third-order valence-electron chi connectivity index (χ3n) is 6.30. The number of hydrogen-bond donors (Lipinski definition) is 0. The van der Waals surface area contributed by atoms with Gasteiger partial charge >= 0.3 is 5.97 Å². The van der Waals surface area contributed by atoms with Crippen molar-refractivity contribution in [3.8, 4) is 0 Å². The molecule has 0 radical (unpaired) electrons. The van der Waals surface area contributed by atoms with Gasteiger partial charge in [0.25, 0.3) is 0 Å². The van der Waals surface area contributed by atoms with Crippen LogP contribution in [-0.2, 0) is 9.53 Å². The molecule has 2 fully saturated rings. The van der Waals surface area contributed by atoms with Gasteiger partial charge in [-0.05, 0) is 63.7 Å². The van der Waals surface area contributed by atoms with E-state index in [0.29, 0.717) is 18.3 Å². The number of allylic oxidation sites excluding steroid dienone is 2. The molecule has 3 aliphatic carbocycles. The van der Waals surface area contributed by atoms with Crippen molar-refractivity contribution in [2.45, 2.75) is 71.3 Å². The number of nitrogens with zero attached hydrogens (tertiary/aromatic N) is 1. The molecule has 3 atom stereocenters. The molecule has 0 aromatic heterocycles. The van der Waals surface area contributed by atoms with Crippen molar-refractivity contribution >= 4 is 5.97 Å². The number of ether oxygens (including phenoxy) is 1. The summed E-state index contributed by atoms with van der Waals surface area (Å²) in [7, 11) is 0. The first-order valence-electron chi connectivity index (χ1n) is 9.23. The lowest BCUT2D eigenvalue weighted by Crippen LogP contribution is -2.53. The summed E-state index contributed by atoms with van der Waals surface area (Å²) in [5, 5.41) is 11.3. The smallest absolute Gasteiger partial charge is 0.303 e. The summed E-state index contributed by atoms with van der Waals surface area (Å²) < 4.78 is 5.44. The molecule has 0 bridgehead atoms. The number of carbonyl (C=O) groups is 1. The van der Waals surface area contributed by atoms with E-state index in [1.165, 1.54) is 32.6 Å². The van der Waals surface area contributed by atoms with E-state index < -0.39 is 5.60 Å². The second kappa shape index (κ2) is 6.16. The molecular formula is C19H29NO4. The molecule has 0 saturated heterocycles. The molecule has 5 nitrogen and oxygen atoms in total. The zero-order chi connectivity index (χ0) is 17.5. The van der Waals surface area contributed by atoms with Gasteiger partial charge in [0, 0.05) is 17.3 Å². The highest BCUT2D eigenvalue weighted by Crippen LogP contribution is 2.62. The van der Waals surface area contributed by atoms with Crippen LogP contribution in [0.1, 0.15) is 65.7 Å². The van der Waals surface area contributed by atoms with E-state index in [4.69, 9.17) is 4.74 Å². The summed E-state index contributed by atoms with van der Waals surface area (Å²) >= 11 is 0. The van der Waals surface area contributed by atoms with Gasteiger partial charge in [-0.25, -0.2) is 0 Å². The van der Waals surface area contributed by atoms with Crippen LogP contribution in [0.15, 0.2) is 11.6 Å². The normalized spacial score (nSPS) is 32.9.